The fourth-order valence-corrected chi connectivity index (χ4v) is 5.38. The molecule has 0 spiro atoms. The molecule has 1 amide bonds. The number of likely N-dealkylation sites (N-methyl/N-ethyl adjacent to an activating group) is 1. The molecule has 0 aliphatic carbocycles. The van der Waals surface area contributed by atoms with Crippen LogP contribution in [0, 0.1) is 3.57 Å². The number of carbonyl (C=O) groups is 2. The van der Waals surface area contributed by atoms with E-state index >= 15 is 0 Å². The number of methoxy groups -OCH3 is 1. The van der Waals surface area contributed by atoms with Gasteiger partial charge in [-0.1, -0.05) is 36.4 Å². The van der Waals surface area contributed by atoms with Crippen LogP contribution in [-0.2, 0) is 11.4 Å². The Balaban J connectivity index is 1.60. The maximum atomic E-state index is 13.1. The van der Waals surface area contributed by atoms with Gasteiger partial charge in [-0.3, -0.25) is 9.69 Å². The zero-order valence-corrected chi connectivity index (χ0v) is 22.6. The van der Waals surface area contributed by atoms with E-state index in [-0.39, 0.29) is 11.5 Å². The Hall–Kier alpha value is -3.31. The number of thioether (sulfide) groups is 1. The van der Waals surface area contributed by atoms with Gasteiger partial charge >= 0.3 is 5.97 Å². The van der Waals surface area contributed by atoms with Crippen molar-refractivity contribution in [2.75, 3.05) is 13.7 Å². The first kappa shape index (κ1) is 25.8. The maximum Gasteiger partial charge on any atom is 0.335 e. The van der Waals surface area contributed by atoms with E-state index in [0.29, 0.717) is 40.4 Å². The molecular weight excluding hydrogens is 591 g/mol. The van der Waals surface area contributed by atoms with E-state index in [1.807, 2.05) is 49.4 Å². The Morgan fingerprint density at radius 3 is 2.61 bits per heavy atom. The molecule has 1 fully saturated rings. The quantitative estimate of drug-likeness (QED) is 0.240. The molecule has 1 aliphatic heterocycles. The number of amides is 1. The van der Waals surface area contributed by atoms with Gasteiger partial charge in [-0.2, -0.15) is 0 Å². The van der Waals surface area contributed by atoms with Gasteiger partial charge in [0.25, 0.3) is 5.91 Å². The number of nitrogens with zero attached hydrogens (tertiary/aromatic N) is 2. The average Bonchev–Trinajstić information content (AvgIpc) is 3.17. The van der Waals surface area contributed by atoms with Gasteiger partial charge in [-0.15, -0.1) is 0 Å². The molecule has 0 radical (unpaired) electrons. The molecule has 1 aliphatic rings. The molecule has 36 heavy (non-hydrogen) atoms. The Labute approximate surface area is 227 Å². The molecule has 9 heteroatoms. The van der Waals surface area contributed by atoms with E-state index in [4.69, 9.17) is 9.47 Å². The lowest BCUT2D eigenvalue weighted by Gasteiger charge is -2.14. The summed E-state index contributed by atoms with van der Waals surface area (Å²) in [5.41, 5.74) is 2.46. The standard InChI is InChI=1S/C27H23IN2O5S/c1-3-30-25(31)23(36-27(30)29-20-11-7-10-19(15-20)26(32)33)14-18-12-21(28)24(22(13-18)34-2)35-16-17-8-5-4-6-9-17/h4-15H,3,16H2,1-2H3,(H,32,33)/b23-14+,29-27?. The van der Waals surface area contributed by atoms with Gasteiger partial charge in [0.2, 0.25) is 0 Å². The van der Waals surface area contributed by atoms with Gasteiger partial charge in [0.05, 0.1) is 26.8 Å². The topological polar surface area (TPSA) is 88.4 Å². The molecule has 3 aromatic rings. The van der Waals surface area contributed by atoms with Crippen molar-refractivity contribution in [2.45, 2.75) is 13.5 Å². The molecule has 4 rings (SSSR count). The number of aromatic carboxylic acids is 1. The van der Waals surface area contributed by atoms with Crippen molar-refractivity contribution < 1.29 is 24.2 Å². The van der Waals surface area contributed by atoms with Crippen LogP contribution in [0.3, 0.4) is 0 Å². The molecular formula is C27H23IN2O5S. The smallest absolute Gasteiger partial charge is 0.335 e. The highest BCUT2D eigenvalue weighted by Crippen LogP contribution is 2.38. The summed E-state index contributed by atoms with van der Waals surface area (Å²) < 4.78 is 12.5. The van der Waals surface area contributed by atoms with E-state index in [2.05, 4.69) is 27.6 Å². The number of hydrogen-bond acceptors (Lipinski definition) is 6. The molecule has 0 bridgehead atoms. The minimum Gasteiger partial charge on any atom is -0.493 e. The molecule has 1 N–H and O–H groups in total. The Morgan fingerprint density at radius 2 is 1.92 bits per heavy atom. The van der Waals surface area contributed by atoms with Gasteiger partial charge in [0, 0.05) is 6.54 Å². The lowest BCUT2D eigenvalue weighted by atomic mass is 10.1. The Bertz CT molecular complexity index is 1360. The number of hydrogen-bond donors (Lipinski definition) is 1. The average molecular weight is 614 g/mol. The summed E-state index contributed by atoms with van der Waals surface area (Å²) in [5, 5.41) is 9.75. The van der Waals surface area contributed by atoms with Gasteiger partial charge in [-0.25, -0.2) is 9.79 Å². The monoisotopic (exact) mass is 614 g/mol. The molecule has 0 saturated carbocycles. The van der Waals surface area contributed by atoms with E-state index in [1.54, 1.807) is 30.2 Å². The van der Waals surface area contributed by atoms with Crippen molar-refractivity contribution in [2.24, 2.45) is 4.99 Å². The second-order valence-corrected chi connectivity index (χ2v) is 9.89. The Morgan fingerprint density at radius 1 is 1.14 bits per heavy atom. The van der Waals surface area contributed by atoms with Crippen LogP contribution in [0.4, 0.5) is 5.69 Å². The van der Waals surface area contributed by atoms with Crippen molar-refractivity contribution in [1.29, 1.82) is 0 Å². The maximum absolute atomic E-state index is 13.1. The number of amidine groups is 1. The van der Waals surface area contributed by atoms with Crippen LogP contribution in [0.5, 0.6) is 11.5 Å². The third kappa shape index (κ3) is 5.90. The third-order valence-corrected chi connectivity index (χ3v) is 7.11. The summed E-state index contributed by atoms with van der Waals surface area (Å²) in [6, 6.07) is 20.0. The van der Waals surface area contributed by atoms with Gasteiger partial charge < -0.3 is 14.6 Å². The first-order chi connectivity index (χ1) is 17.4. The lowest BCUT2D eigenvalue weighted by molar-refractivity contribution is -0.122. The summed E-state index contributed by atoms with van der Waals surface area (Å²) in [7, 11) is 1.59. The summed E-state index contributed by atoms with van der Waals surface area (Å²) in [4.78, 5) is 31.0. The van der Waals surface area contributed by atoms with E-state index in [1.165, 1.54) is 23.9 Å². The van der Waals surface area contributed by atoms with Crippen LogP contribution in [0.2, 0.25) is 0 Å². The molecule has 1 saturated heterocycles. The SMILES string of the molecule is CCN1C(=O)/C(=C\c2cc(I)c(OCc3ccccc3)c(OC)c2)SC1=Nc1cccc(C(=O)O)c1. The molecule has 0 unspecified atom stereocenters. The predicted octanol–water partition coefficient (Wildman–Crippen LogP) is 6.20. The Kier molecular flexibility index (Phi) is 8.32. The van der Waals surface area contributed by atoms with Crippen molar-refractivity contribution in [3.63, 3.8) is 0 Å². The first-order valence-corrected chi connectivity index (χ1v) is 13.0. The predicted molar refractivity (Wildman–Crippen MR) is 150 cm³/mol. The van der Waals surface area contributed by atoms with Crippen LogP contribution in [0.15, 0.2) is 76.6 Å². The van der Waals surface area contributed by atoms with Crippen LogP contribution in [0.1, 0.15) is 28.4 Å². The van der Waals surface area contributed by atoms with E-state index < -0.39 is 5.97 Å². The second kappa shape index (κ2) is 11.6. The van der Waals surface area contributed by atoms with Gasteiger partial charge in [-0.05, 0) is 88.8 Å². The molecule has 3 aromatic carbocycles. The molecule has 0 aromatic heterocycles. The summed E-state index contributed by atoms with van der Waals surface area (Å²) >= 11 is 3.45. The summed E-state index contributed by atoms with van der Waals surface area (Å²) in [5.74, 6) is 0.0333. The zero-order chi connectivity index (χ0) is 25.7. The number of rotatable bonds is 8. The molecule has 184 valence electrons. The molecule has 0 atom stereocenters. The van der Waals surface area contributed by atoms with Crippen molar-refractivity contribution in [3.8, 4) is 11.5 Å². The van der Waals surface area contributed by atoms with Crippen molar-refractivity contribution in [1.82, 2.24) is 4.90 Å². The zero-order valence-electron chi connectivity index (χ0n) is 19.6. The number of benzene rings is 3. The number of aliphatic imine (C=N–C) groups is 1. The minimum atomic E-state index is -1.03. The normalized spacial score (nSPS) is 15.5. The number of carboxylic acids is 1. The highest BCUT2D eigenvalue weighted by atomic mass is 127. The van der Waals surface area contributed by atoms with Crippen molar-refractivity contribution in [3.05, 3.63) is 91.9 Å². The van der Waals surface area contributed by atoms with Crippen LogP contribution in [0.25, 0.3) is 6.08 Å². The largest absolute Gasteiger partial charge is 0.493 e. The third-order valence-electron chi connectivity index (χ3n) is 5.30. The highest BCUT2D eigenvalue weighted by Gasteiger charge is 2.32. The fourth-order valence-electron chi connectivity index (χ4n) is 3.53. The highest BCUT2D eigenvalue weighted by molar-refractivity contribution is 14.1. The van der Waals surface area contributed by atoms with Crippen LogP contribution < -0.4 is 9.47 Å². The second-order valence-electron chi connectivity index (χ2n) is 7.72. The van der Waals surface area contributed by atoms with Gasteiger partial charge in [0.1, 0.15) is 6.61 Å². The lowest BCUT2D eigenvalue weighted by Crippen LogP contribution is -2.28. The number of carboxylic acid groups (broad SMARTS) is 1. The fraction of sp³-hybridized carbons (Fsp3) is 0.148. The van der Waals surface area contributed by atoms with Crippen LogP contribution >= 0.6 is 34.4 Å². The van der Waals surface area contributed by atoms with Crippen molar-refractivity contribution >= 4 is 63.2 Å². The van der Waals surface area contributed by atoms with E-state index in [0.717, 1.165) is 14.7 Å². The molecule has 1 heterocycles. The number of halogens is 1. The molecule has 7 nitrogen and oxygen atoms in total. The van der Waals surface area contributed by atoms with Crippen LogP contribution in [-0.4, -0.2) is 40.7 Å². The summed E-state index contributed by atoms with van der Waals surface area (Å²) in [6.45, 7) is 2.72. The van der Waals surface area contributed by atoms with E-state index in [9.17, 15) is 14.7 Å². The number of ether oxygens (including phenoxy) is 2. The van der Waals surface area contributed by atoms with Gasteiger partial charge in [0.15, 0.2) is 16.7 Å². The minimum absolute atomic E-state index is 0.140. The number of carbonyl (C=O) groups excluding carboxylic acids is 1. The summed E-state index contributed by atoms with van der Waals surface area (Å²) in [6.07, 6.45) is 1.80. The first-order valence-electron chi connectivity index (χ1n) is 11.1.